The van der Waals surface area contributed by atoms with E-state index in [4.69, 9.17) is 6.42 Å². The number of rotatable bonds is 2. The van der Waals surface area contributed by atoms with E-state index in [-0.39, 0.29) is 0 Å². The lowest BCUT2D eigenvalue weighted by Gasteiger charge is -2.09. The van der Waals surface area contributed by atoms with Crippen molar-refractivity contribution in [3.05, 3.63) is 41.2 Å². The first-order valence-electron chi connectivity index (χ1n) is 5.38. The van der Waals surface area contributed by atoms with Crippen LogP contribution < -0.4 is 0 Å². The summed E-state index contributed by atoms with van der Waals surface area (Å²) in [5.74, 6) is 0. The molecule has 0 aliphatic heterocycles. The molecule has 0 fully saturated rings. The highest BCUT2D eigenvalue weighted by Crippen LogP contribution is 2.30. The maximum atomic E-state index is 12.6. The molecule has 1 rings (SSSR count). The second-order valence-corrected chi connectivity index (χ2v) is 3.88. The van der Waals surface area contributed by atoms with E-state index in [2.05, 4.69) is 9.98 Å². The summed E-state index contributed by atoms with van der Waals surface area (Å²) in [5, 5.41) is 0. The molecule has 0 saturated heterocycles. The fraction of sp³-hybridized carbons (Fsp3) is 0.231. The molecule has 0 bridgehead atoms. The summed E-state index contributed by atoms with van der Waals surface area (Å²) in [5.41, 5.74) is -2.99. The summed E-state index contributed by atoms with van der Waals surface area (Å²) in [4.78, 5) is 6.88. The molecule has 21 heavy (non-hydrogen) atoms. The van der Waals surface area contributed by atoms with E-state index in [1.54, 1.807) is 6.04 Å². The maximum Gasteiger partial charge on any atom is 0.416 e. The quantitative estimate of drug-likeness (QED) is 0.461. The number of aromatic nitrogens is 1. The van der Waals surface area contributed by atoms with Gasteiger partial charge in [-0.25, -0.2) is 0 Å². The van der Waals surface area contributed by atoms with Gasteiger partial charge in [0.25, 0.3) is 0 Å². The van der Waals surface area contributed by atoms with Crippen molar-refractivity contribution in [3.63, 3.8) is 0 Å². The normalized spacial score (nSPS) is 14.0. The molecule has 0 unspecified atom stereocenters. The van der Waals surface area contributed by atoms with Gasteiger partial charge in [0.15, 0.2) is 0 Å². The zero-order chi connectivity index (χ0) is 16.3. The Morgan fingerprint density at radius 3 is 2.38 bits per heavy atom. The van der Waals surface area contributed by atoms with E-state index < -0.39 is 34.9 Å². The molecular weight excluding hydrogens is 298 g/mol. The van der Waals surface area contributed by atoms with Crippen LogP contribution in [0.5, 0.6) is 0 Å². The van der Waals surface area contributed by atoms with E-state index in [1.165, 1.54) is 0 Å². The van der Waals surface area contributed by atoms with E-state index >= 15 is 0 Å². The number of halogens is 6. The van der Waals surface area contributed by atoms with Gasteiger partial charge in [-0.1, -0.05) is 6.42 Å². The largest absolute Gasteiger partial charge is 0.416 e. The lowest BCUT2D eigenvalue weighted by Crippen LogP contribution is -2.13. The van der Waals surface area contributed by atoms with Crippen molar-refractivity contribution in [1.29, 1.82) is 0 Å². The van der Waals surface area contributed by atoms with E-state index in [0.29, 0.717) is 18.2 Å². The van der Waals surface area contributed by atoms with Crippen LogP contribution in [0.25, 0.3) is 0 Å². The number of pyridine rings is 1. The van der Waals surface area contributed by atoms with Crippen molar-refractivity contribution >= 4 is 5.71 Å². The molecule has 0 aromatic carbocycles. The zero-order valence-electron chi connectivity index (χ0n) is 10.5. The van der Waals surface area contributed by atoms with Gasteiger partial charge in [0.05, 0.1) is 17.0 Å². The number of hydrogen-bond donors (Lipinski definition) is 0. The second-order valence-electron chi connectivity index (χ2n) is 3.88. The molecule has 2 nitrogen and oxygen atoms in total. The summed E-state index contributed by atoms with van der Waals surface area (Å²) >= 11 is 0. The SMILES string of the molecule is C#C/N=C(\C=C(/C)C(F)(F)F)c1cc(C(F)(F)F)ccn1. The number of alkyl halides is 6. The predicted molar refractivity (Wildman–Crippen MR) is 64.4 cm³/mol. The van der Waals surface area contributed by atoms with Crippen molar-refractivity contribution in [2.75, 3.05) is 0 Å². The third-order valence-electron chi connectivity index (χ3n) is 2.34. The Morgan fingerprint density at radius 2 is 1.90 bits per heavy atom. The molecule has 0 atom stereocenters. The lowest BCUT2D eigenvalue weighted by molar-refractivity contribution is -0.137. The van der Waals surface area contributed by atoms with Crippen molar-refractivity contribution in [2.45, 2.75) is 19.3 Å². The molecule has 0 aliphatic carbocycles. The van der Waals surface area contributed by atoms with Crippen molar-refractivity contribution in [3.8, 4) is 12.5 Å². The van der Waals surface area contributed by atoms with Gasteiger partial charge >= 0.3 is 12.4 Å². The fourth-order valence-electron chi connectivity index (χ4n) is 1.27. The summed E-state index contributed by atoms with van der Waals surface area (Å²) in [7, 11) is 0. The number of hydrogen-bond acceptors (Lipinski definition) is 2. The van der Waals surface area contributed by atoms with Gasteiger partial charge in [-0.2, -0.15) is 31.3 Å². The van der Waals surface area contributed by atoms with Gasteiger partial charge in [0.2, 0.25) is 0 Å². The molecule has 8 heteroatoms. The highest BCUT2D eigenvalue weighted by atomic mass is 19.4. The third-order valence-corrected chi connectivity index (χ3v) is 2.34. The molecule has 0 amide bonds. The van der Waals surface area contributed by atoms with Crippen LogP contribution in [0.3, 0.4) is 0 Å². The molecule has 0 saturated carbocycles. The van der Waals surface area contributed by atoms with Gasteiger partial charge in [0.1, 0.15) is 0 Å². The Balaban J connectivity index is 3.34. The van der Waals surface area contributed by atoms with Crippen LogP contribution in [-0.4, -0.2) is 16.9 Å². The number of terminal acetylenes is 1. The molecule has 1 heterocycles. The molecule has 1 aromatic rings. The topological polar surface area (TPSA) is 25.2 Å². The van der Waals surface area contributed by atoms with E-state index in [9.17, 15) is 26.3 Å². The smallest absolute Gasteiger partial charge is 0.255 e. The van der Waals surface area contributed by atoms with Crippen molar-refractivity contribution in [2.24, 2.45) is 4.99 Å². The molecule has 1 aromatic heterocycles. The first-order chi connectivity index (χ1) is 9.55. The predicted octanol–water partition coefficient (Wildman–Crippen LogP) is 3.99. The Hall–Kier alpha value is -2.30. The molecule has 0 radical (unpaired) electrons. The standard InChI is InChI=1S/C13H8F6N2/c1-3-20-10(6-8(2)12(14,15)16)11-7-9(4-5-21-11)13(17,18)19/h1,4-7H,2H3/b8-6+,20-10+. The fourth-order valence-corrected chi connectivity index (χ4v) is 1.27. The summed E-state index contributed by atoms with van der Waals surface area (Å²) < 4.78 is 75.1. The van der Waals surface area contributed by atoms with Crippen LogP contribution in [0.1, 0.15) is 18.2 Å². The highest BCUT2D eigenvalue weighted by Gasteiger charge is 2.32. The third kappa shape index (κ3) is 4.63. The van der Waals surface area contributed by atoms with Gasteiger partial charge < -0.3 is 0 Å². The number of allylic oxidation sites excluding steroid dienone is 2. The Kier molecular flexibility index (Phi) is 4.78. The summed E-state index contributed by atoms with van der Waals surface area (Å²) in [6.07, 6.45) is -3.05. The Labute approximate surface area is 116 Å². The highest BCUT2D eigenvalue weighted by molar-refractivity contribution is 6.08. The van der Waals surface area contributed by atoms with Crippen LogP contribution in [0.2, 0.25) is 0 Å². The minimum Gasteiger partial charge on any atom is -0.255 e. The zero-order valence-corrected chi connectivity index (χ0v) is 10.5. The average molecular weight is 306 g/mol. The molecule has 0 spiro atoms. The van der Waals surface area contributed by atoms with E-state index in [0.717, 1.165) is 13.1 Å². The lowest BCUT2D eigenvalue weighted by atomic mass is 10.1. The summed E-state index contributed by atoms with van der Waals surface area (Å²) in [6.45, 7) is 0.750. The molecule has 0 aliphatic rings. The van der Waals surface area contributed by atoms with Crippen LogP contribution in [0.15, 0.2) is 35.0 Å². The van der Waals surface area contributed by atoms with Crippen molar-refractivity contribution < 1.29 is 26.3 Å². The first kappa shape index (κ1) is 16.8. The minimum absolute atomic E-state index is 0.397. The van der Waals surface area contributed by atoms with Crippen LogP contribution in [0, 0.1) is 12.5 Å². The monoisotopic (exact) mass is 306 g/mol. The Morgan fingerprint density at radius 1 is 1.29 bits per heavy atom. The second kappa shape index (κ2) is 5.99. The number of aliphatic imine (C=N–C) groups is 1. The Bertz CT molecular complexity index is 617. The van der Waals surface area contributed by atoms with Gasteiger partial charge in [-0.3, -0.25) is 4.98 Å². The van der Waals surface area contributed by atoms with Gasteiger partial charge in [-0.15, -0.1) is 0 Å². The van der Waals surface area contributed by atoms with E-state index in [1.807, 2.05) is 0 Å². The van der Waals surface area contributed by atoms with Crippen molar-refractivity contribution in [1.82, 2.24) is 4.98 Å². The van der Waals surface area contributed by atoms with Gasteiger partial charge in [-0.05, 0) is 25.1 Å². The molecule has 0 N–H and O–H groups in total. The average Bonchev–Trinajstić information content (AvgIpc) is 2.36. The number of nitrogens with zero attached hydrogens (tertiary/aromatic N) is 2. The molecular formula is C13H8F6N2. The molecule has 112 valence electrons. The van der Waals surface area contributed by atoms with Gasteiger partial charge in [0, 0.05) is 17.8 Å². The first-order valence-corrected chi connectivity index (χ1v) is 5.38. The van der Waals surface area contributed by atoms with Crippen LogP contribution in [-0.2, 0) is 6.18 Å². The summed E-state index contributed by atoms with van der Waals surface area (Å²) in [6, 6.07) is 3.01. The van der Waals surface area contributed by atoms with Crippen LogP contribution >= 0.6 is 0 Å². The van der Waals surface area contributed by atoms with Crippen LogP contribution in [0.4, 0.5) is 26.3 Å². The minimum atomic E-state index is -4.65. The maximum absolute atomic E-state index is 12.6.